The van der Waals surface area contributed by atoms with Gasteiger partial charge in [0.25, 0.3) is 5.56 Å². The van der Waals surface area contributed by atoms with E-state index >= 15 is 0 Å². The van der Waals surface area contributed by atoms with Crippen LogP contribution in [0.3, 0.4) is 0 Å². The molecule has 1 aromatic heterocycles. The lowest BCUT2D eigenvalue weighted by atomic mass is 9.99. The number of nitrogens with zero attached hydrogens (tertiary/aromatic N) is 2. The van der Waals surface area contributed by atoms with Gasteiger partial charge >= 0.3 is 0 Å². The molecule has 7 heteroatoms. The van der Waals surface area contributed by atoms with Crippen molar-refractivity contribution in [3.8, 4) is 17.7 Å². The second kappa shape index (κ2) is 9.93. The minimum absolute atomic E-state index is 0.0888. The first-order chi connectivity index (χ1) is 15.6. The topological polar surface area (TPSA) is 92.3 Å². The van der Waals surface area contributed by atoms with E-state index in [9.17, 15) is 20.0 Å². The molecule has 0 aliphatic rings. The van der Waals surface area contributed by atoms with E-state index in [0.717, 1.165) is 21.3 Å². The van der Waals surface area contributed by atoms with E-state index in [1.165, 1.54) is 6.92 Å². The molecule has 0 saturated heterocycles. The Morgan fingerprint density at radius 1 is 1.18 bits per heavy atom. The molecular weight excluding hydrogens is 440 g/mol. The number of nitriles is 1. The van der Waals surface area contributed by atoms with Crippen molar-refractivity contribution in [1.82, 2.24) is 4.57 Å². The van der Waals surface area contributed by atoms with Gasteiger partial charge in [0.15, 0.2) is 6.10 Å². The largest absolute Gasteiger partial charge is 0.494 e. The first-order valence-corrected chi connectivity index (χ1v) is 10.9. The summed E-state index contributed by atoms with van der Waals surface area (Å²) in [5, 5.41) is 21.1. The molecule has 0 bridgehead atoms. The van der Waals surface area contributed by atoms with E-state index in [1.54, 1.807) is 19.1 Å². The van der Waals surface area contributed by atoms with Crippen LogP contribution < -0.4 is 10.3 Å². The van der Waals surface area contributed by atoms with Crippen LogP contribution >= 0.6 is 11.6 Å². The van der Waals surface area contributed by atoms with E-state index in [4.69, 9.17) is 16.3 Å². The molecule has 170 valence electrons. The number of aromatic nitrogens is 1. The second-order valence-electron chi connectivity index (χ2n) is 8.00. The van der Waals surface area contributed by atoms with Gasteiger partial charge in [0.1, 0.15) is 17.4 Å². The molecule has 2 aromatic carbocycles. The Kier molecular flexibility index (Phi) is 7.25. The number of pyridine rings is 1. The molecular formula is C26H25ClN2O4. The monoisotopic (exact) mass is 464 g/mol. The lowest BCUT2D eigenvalue weighted by Gasteiger charge is -2.19. The Morgan fingerprint density at radius 3 is 2.36 bits per heavy atom. The molecule has 0 radical (unpaired) electrons. The first kappa shape index (κ1) is 24.1. The van der Waals surface area contributed by atoms with Gasteiger partial charge in [0, 0.05) is 11.6 Å². The van der Waals surface area contributed by atoms with Crippen LogP contribution in [0.1, 0.15) is 45.1 Å². The number of carbonyl (C=O) groups is 1. The zero-order valence-electron chi connectivity index (χ0n) is 19.0. The highest BCUT2D eigenvalue weighted by atomic mass is 35.5. The normalized spacial score (nSPS) is 11.6. The molecule has 1 atom stereocenters. The summed E-state index contributed by atoms with van der Waals surface area (Å²) in [7, 11) is 0. The van der Waals surface area contributed by atoms with Gasteiger partial charge in [-0.3, -0.25) is 14.2 Å². The number of aromatic hydroxyl groups is 1. The molecule has 1 unspecified atom stereocenters. The summed E-state index contributed by atoms with van der Waals surface area (Å²) in [6.07, 6.45) is -0.521. The lowest BCUT2D eigenvalue weighted by molar-refractivity contribution is 0.0812. The SMILES string of the molecule is Cc1cc(OC(C)C(=O)c2c(C)c(C#N)c(=O)n(CCc3ccccc3)c2O)cc(C)c1Cl. The van der Waals surface area contributed by atoms with Gasteiger partial charge in [0.05, 0.1) is 5.56 Å². The molecule has 0 fully saturated rings. The number of hydrogen-bond donors (Lipinski definition) is 1. The quantitative estimate of drug-likeness (QED) is 0.502. The van der Waals surface area contributed by atoms with Crippen molar-refractivity contribution in [2.75, 3.05) is 0 Å². The number of rotatable bonds is 7. The van der Waals surface area contributed by atoms with Gasteiger partial charge in [-0.15, -0.1) is 0 Å². The van der Waals surface area contributed by atoms with Crippen molar-refractivity contribution < 1.29 is 14.6 Å². The smallest absolute Gasteiger partial charge is 0.271 e. The van der Waals surface area contributed by atoms with Crippen molar-refractivity contribution in [1.29, 1.82) is 5.26 Å². The van der Waals surface area contributed by atoms with Crippen molar-refractivity contribution >= 4 is 17.4 Å². The molecule has 6 nitrogen and oxygen atoms in total. The van der Waals surface area contributed by atoms with E-state index in [-0.39, 0.29) is 23.2 Å². The fraction of sp³-hybridized carbons (Fsp3) is 0.269. The molecule has 0 saturated carbocycles. The van der Waals surface area contributed by atoms with Gasteiger partial charge in [-0.1, -0.05) is 41.9 Å². The number of ether oxygens (including phenoxy) is 1. The van der Waals surface area contributed by atoms with Crippen LogP contribution in [0.15, 0.2) is 47.3 Å². The van der Waals surface area contributed by atoms with Gasteiger partial charge in [-0.2, -0.15) is 5.26 Å². The maximum atomic E-state index is 13.3. The summed E-state index contributed by atoms with van der Waals surface area (Å²) < 4.78 is 6.92. The van der Waals surface area contributed by atoms with Crippen molar-refractivity contribution in [2.45, 2.75) is 46.8 Å². The fourth-order valence-corrected chi connectivity index (χ4v) is 3.88. The summed E-state index contributed by atoms with van der Waals surface area (Å²) >= 11 is 6.21. The molecule has 1 heterocycles. The maximum absolute atomic E-state index is 13.3. The van der Waals surface area contributed by atoms with Crippen LogP contribution in [0.25, 0.3) is 0 Å². The average Bonchev–Trinajstić information content (AvgIpc) is 2.78. The number of aryl methyl sites for hydroxylation is 3. The summed E-state index contributed by atoms with van der Waals surface area (Å²) in [5.41, 5.74) is 1.83. The van der Waals surface area contributed by atoms with Crippen molar-refractivity contribution in [3.63, 3.8) is 0 Å². The summed E-state index contributed by atoms with van der Waals surface area (Å²) in [6, 6.07) is 14.8. The van der Waals surface area contributed by atoms with Crippen LogP contribution in [-0.4, -0.2) is 21.6 Å². The highest BCUT2D eigenvalue weighted by molar-refractivity contribution is 6.32. The third kappa shape index (κ3) is 4.94. The molecule has 0 aliphatic heterocycles. The average molecular weight is 465 g/mol. The van der Waals surface area contributed by atoms with E-state index in [1.807, 2.05) is 50.2 Å². The Labute approximate surface area is 197 Å². The zero-order chi connectivity index (χ0) is 24.3. The predicted molar refractivity (Wildman–Crippen MR) is 127 cm³/mol. The molecule has 1 N–H and O–H groups in total. The minimum atomic E-state index is -0.971. The fourth-order valence-electron chi connectivity index (χ4n) is 3.77. The summed E-state index contributed by atoms with van der Waals surface area (Å²) in [5.74, 6) is -0.526. The highest BCUT2D eigenvalue weighted by Crippen LogP contribution is 2.28. The number of ketones is 1. The maximum Gasteiger partial charge on any atom is 0.271 e. The third-order valence-corrected chi connectivity index (χ3v) is 6.20. The number of halogens is 1. The highest BCUT2D eigenvalue weighted by Gasteiger charge is 2.28. The van der Waals surface area contributed by atoms with Gasteiger partial charge in [-0.05, 0) is 68.5 Å². The van der Waals surface area contributed by atoms with E-state index in [2.05, 4.69) is 0 Å². The van der Waals surface area contributed by atoms with Crippen LogP contribution in [0.4, 0.5) is 0 Å². The van der Waals surface area contributed by atoms with Crippen LogP contribution in [-0.2, 0) is 13.0 Å². The molecule has 3 aromatic rings. The summed E-state index contributed by atoms with van der Waals surface area (Å²) in [6.45, 7) is 6.84. The molecule has 3 rings (SSSR count). The predicted octanol–water partition coefficient (Wildman–Crippen LogP) is 4.90. The van der Waals surface area contributed by atoms with Crippen LogP contribution in [0.5, 0.6) is 11.6 Å². The number of carbonyl (C=O) groups excluding carboxylic acids is 1. The lowest BCUT2D eigenvalue weighted by Crippen LogP contribution is -2.31. The summed E-state index contributed by atoms with van der Waals surface area (Å²) in [4.78, 5) is 26.1. The molecule has 0 aliphatic carbocycles. The molecule has 0 amide bonds. The van der Waals surface area contributed by atoms with Crippen LogP contribution in [0.2, 0.25) is 5.02 Å². The van der Waals surface area contributed by atoms with Crippen LogP contribution in [0, 0.1) is 32.1 Å². The van der Waals surface area contributed by atoms with Crippen molar-refractivity contribution in [3.05, 3.63) is 91.2 Å². The first-order valence-electron chi connectivity index (χ1n) is 10.5. The second-order valence-corrected chi connectivity index (χ2v) is 8.38. The Hall–Kier alpha value is -3.56. The standard InChI is InChI=1S/C26H25ClN2O4/c1-15-12-20(13-16(2)23(15)27)33-18(4)24(30)22-17(3)21(14-28)25(31)29(26(22)32)11-10-19-8-6-5-7-9-19/h5-9,12-13,18,32H,10-11H2,1-4H3. The number of hydrogen-bond acceptors (Lipinski definition) is 5. The van der Waals surface area contributed by atoms with Crippen molar-refractivity contribution in [2.24, 2.45) is 0 Å². The minimum Gasteiger partial charge on any atom is -0.494 e. The number of benzene rings is 2. The van der Waals surface area contributed by atoms with E-state index in [0.29, 0.717) is 17.2 Å². The molecule has 33 heavy (non-hydrogen) atoms. The third-order valence-electron chi connectivity index (χ3n) is 5.61. The van der Waals surface area contributed by atoms with Gasteiger partial charge in [-0.25, -0.2) is 0 Å². The zero-order valence-corrected chi connectivity index (χ0v) is 19.7. The molecule has 0 spiro atoms. The Bertz CT molecular complexity index is 1280. The van der Waals surface area contributed by atoms with Gasteiger partial charge in [0.2, 0.25) is 11.7 Å². The number of Topliss-reactive ketones (excluding diaryl/α,β-unsaturated/α-hetero) is 1. The van der Waals surface area contributed by atoms with Gasteiger partial charge < -0.3 is 9.84 Å². The van der Waals surface area contributed by atoms with E-state index < -0.39 is 23.3 Å². The Morgan fingerprint density at radius 2 is 1.79 bits per heavy atom. The Balaban J connectivity index is 1.98.